The number of hydrogen-bond acceptors (Lipinski definition) is 3. The van der Waals surface area contributed by atoms with Gasteiger partial charge in [-0.2, -0.15) is 0 Å². The molecule has 1 aliphatic rings. The molecule has 1 aromatic rings. The topological polar surface area (TPSA) is 35.5 Å². The Labute approximate surface area is 127 Å². The molecule has 2 atom stereocenters. The summed E-state index contributed by atoms with van der Waals surface area (Å²) in [4.78, 5) is 2.42. The van der Waals surface area contributed by atoms with E-state index in [9.17, 15) is 9.50 Å². The summed E-state index contributed by atoms with van der Waals surface area (Å²) >= 11 is 0. The van der Waals surface area contributed by atoms with Crippen LogP contribution >= 0.6 is 0 Å². The average Bonchev–Trinajstić information content (AvgIpc) is 2.51. The molecule has 1 aliphatic heterocycles. The minimum atomic E-state index is -0.133. The van der Waals surface area contributed by atoms with Gasteiger partial charge in [0.25, 0.3) is 0 Å². The number of aliphatic hydroxyl groups excluding tert-OH is 1. The van der Waals surface area contributed by atoms with E-state index >= 15 is 0 Å². The van der Waals surface area contributed by atoms with Crippen molar-refractivity contribution >= 4 is 0 Å². The lowest BCUT2D eigenvalue weighted by molar-refractivity contribution is 0.117. The number of aryl methyl sites for hydroxylation is 1. The molecule has 0 amide bonds. The Hall–Kier alpha value is -0.970. The lowest BCUT2D eigenvalue weighted by atomic mass is 9.97. The monoisotopic (exact) mass is 294 g/mol. The summed E-state index contributed by atoms with van der Waals surface area (Å²) in [7, 11) is 1.93. The van der Waals surface area contributed by atoms with Gasteiger partial charge in [-0.1, -0.05) is 12.1 Å². The Balaban J connectivity index is 1.91. The maximum Gasteiger partial charge on any atom is 0.126 e. The Bertz CT molecular complexity index is 452. The molecule has 0 radical (unpaired) electrons. The van der Waals surface area contributed by atoms with Crippen LogP contribution in [0.1, 0.15) is 36.4 Å². The van der Waals surface area contributed by atoms with E-state index in [2.05, 4.69) is 10.2 Å². The fourth-order valence-corrected chi connectivity index (χ4v) is 3.12. The third-order valence-corrected chi connectivity index (χ3v) is 4.54. The first kappa shape index (κ1) is 16.4. The number of rotatable bonds is 6. The maximum absolute atomic E-state index is 13.7. The van der Waals surface area contributed by atoms with Crippen LogP contribution in [0.15, 0.2) is 18.2 Å². The van der Waals surface area contributed by atoms with Crippen molar-refractivity contribution in [2.45, 2.75) is 32.2 Å². The first-order chi connectivity index (χ1) is 10.1. The number of hydrogen-bond donors (Lipinski definition) is 2. The molecule has 0 saturated carbocycles. The largest absolute Gasteiger partial charge is 0.396 e. The molecule has 1 saturated heterocycles. The van der Waals surface area contributed by atoms with Crippen LogP contribution in [0.25, 0.3) is 0 Å². The average molecular weight is 294 g/mol. The van der Waals surface area contributed by atoms with Crippen molar-refractivity contribution in [1.82, 2.24) is 10.2 Å². The van der Waals surface area contributed by atoms with Crippen molar-refractivity contribution in [3.8, 4) is 0 Å². The molecule has 2 rings (SSSR count). The van der Waals surface area contributed by atoms with E-state index in [1.54, 1.807) is 13.0 Å². The van der Waals surface area contributed by atoms with Gasteiger partial charge in [-0.05, 0) is 69.4 Å². The molecule has 1 fully saturated rings. The first-order valence-electron chi connectivity index (χ1n) is 7.90. The van der Waals surface area contributed by atoms with Gasteiger partial charge in [0.2, 0.25) is 0 Å². The number of likely N-dealkylation sites (tertiary alicyclic amines) is 1. The molecule has 0 bridgehead atoms. The van der Waals surface area contributed by atoms with Crippen LogP contribution in [-0.4, -0.2) is 43.3 Å². The van der Waals surface area contributed by atoms with Crippen molar-refractivity contribution in [2.24, 2.45) is 5.92 Å². The molecule has 0 aromatic heterocycles. The normalized spacial score (nSPS) is 21.4. The number of halogens is 1. The first-order valence-corrected chi connectivity index (χ1v) is 7.90. The molecule has 1 heterocycles. The zero-order valence-corrected chi connectivity index (χ0v) is 13.1. The van der Waals surface area contributed by atoms with Crippen molar-refractivity contribution in [3.63, 3.8) is 0 Å². The van der Waals surface area contributed by atoms with E-state index in [0.29, 0.717) is 11.5 Å². The van der Waals surface area contributed by atoms with Gasteiger partial charge in [0, 0.05) is 19.2 Å². The Morgan fingerprint density at radius 2 is 2.29 bits per heavy atom. The summed E-state index contributed by atoms with van der Waals surface area (Å²) in [5, 5.41) is 12.6. The molecule has 118 valence electrons. The van der Waals surface area contributed by atoms with E-state index in [4.69, 9.17) is 0 Å². The minimum absolute atomic E-state index is 0.133. The summed E-state index contributed by atoms with van der Waals surface area (Å²) in [6.07, 6.45) is 3.25. The standard InChI is InChI=1S/C17H27FN2O/c1-13-5-6-15(10-16(13)18)17(19-2)7-9-20-8-3-4-14(11-20)12-21/h5-6,10,14,17,19,21H,3-4,7-9,11-12H2,1-2H3. The molecule has 1 aromatic carbocycles. The van der Waals surface area contributed by atoms with Crippen LogP contribution in [0.4, 0.5) is 4.39 Å². The smallest absolute Gasteiger partial charge is 0.126 e. The highest BCUT2D eigenvalue weighted by atomic mass is 19.1. The predicted octanol–water partition coefficient (Wildman–Crippen LogP) is 2.49. The van der Waals surface area contributed by atoms with E-state index in [0.717, 1.165) is 44.5 Å². The summed E-state index contributed by atoms with van der Waals surface area (Å²) in [6.45, 7) is 5.15. The molecule has 0 aliphatic carbocycles. The van der Waals surface area contributed by atoms with Gasteiger partial charge in [-0.3, -0.25) is 0 Å². The van der Waals surface area contributed by atoms with Gasteiger partial charge in [0.15, 0.2) is 0 Å². The van der Waals surface area contributed by atoms with Crippen LogP contribution in [-0.2, 0) is 0 Å². The van der Waals surface area contributed by atoms with Crippen LogP contribution in [0, 0.1) is 18.7 Å². The van der Waals surface area contributed by atoms with Gasteiger partial charge >= 0.3 is 0 Å². The number of nitrogens with zero attached hydrogens (tertiary/aromatic N) is 1. The van der Waals surface area contributed by atoms with E-state index < -0.39 is 0 Å². The fourth-order valence-electron chi connectivity index (χ4n) is 3.12. The highest BCUT2D eigenvalue weighted by molar-refractivity contribution is 5.25. The second-order valence-electron chi connectivity index (χ2n) is 6.13. The maximum atomic E-state index is 13.7. The van der Waals surface area contributed by atoms with Gasteiger partial charge < -0.3 is 15.3 Å². The van der Waals surface area contributed by atoms with Crippen molar-refractivity contribution < 1.29 is 9.50 Å². The minimum Gasteiger partial charge on any atom is -0.396 e. The lowest BCUT2D eigenvalue weighted by Crippen LogP contribution is -2.38. The molecule has 3 nitrogen and oxygen atoms in total. The quantitative estimate of drug-likeness (QED) is 0.846. The van der Waals surface area contributed by atoms with E-state index in [-0.39, 0.29) is 18.5 Å². The summed E-state index contributed by atoms with van der Waals surface area (Å²) in [5.41, 5.74) is 1.70. The summed E-state index contributed by atoms with van der Waals surface area (Å²) in [6, 6.07) is 5.67. The number of nitrogens with one attached hydrogen (secondary N) is 1. The van der Waals surface area contributed by atoms with E-state index in [1.807, 2.05) is 19.2 Å². The lowest BCUT2D eigenvalue weighted by Gasteiger charge is -2.32. The van der Waals surface area contributed by atoms with Crippen LogP contribution in [0.2, 0.25) is 0 Å². The molecule has 2 N–H and O–H groups in total. The van der Waals surface area contributed by atoms with Gasteiger partial charge in [0.05, 0.1) is 0 Å². The summed E-state index contributed by atoms with van der Waals surface area (Å²) < 4.78 is 13.7. The van der Waals surface area contributed by atoms with Crippen molar-refractivity contribution in [3.05, 3.63) is 35.1 Å². The SMILES string of the molecule is CNC(CCN1CCCC(CO)C1)c1ccc(C)c(F)c1. The summed E-state index contributed by atoms with van der Waals surface area (Å²) in [5.74, 6) is 0.287. The van der Waals surface area contributed by atoms with E-state index in [1.165, 1.54) is 0 Å². The zero-order valence-electron chi connectivity index (χ0n) is 13.1. The predicted molar refractivity (Wildman–Crippen MR) is 83.8 cm³/mol. The zero-order chi connectivity index (χ0) is 15.2. The van der Waals surface area contributed by atoms with Crippen LogP contribution < -0.4 is 5.32 Å². The number of benzene rings is 1. The Morgan fingerprint density at radius 3 is 2.95 bits per heavy atom. The highest BCUT2D eigenvalue weighted by Crippen LogP contribution is 2.22. The van der Waals surface area contributed by atoms with Crippen LogP contribution in [0.5, 0.6) is 0 Å². The third-order valence-electron chi connectivity index (χ3n) is 4.54. The Kier molecular flexibility index (Phi) is 6.15. The second-order valence-corrected chi connectivity index (χ2v) is 6.13. The number of aliphatic hydroxyl groups is 1. The van der Waals surface area contributed by atoms with Crippen LogP contribution in [0.3, 0.4) is 0 Å². The van der Waals surface area contributed by atoms with Gasteiger partial charge in [0.1, 0.15) is 5.82 Å². The van der Waals surface area contributed by atoms with Crippen molar-refractivity contribution in [2.75, 3.05) is 33.3 Å². The molecule has 2 unspecified atom stereocenters. The fraction of sp³-hybridized carbons (Fsp3) is 0.647. The molecule has 0 spiro atoms. The number of piperidine rings is 1. The third kappa shape index (κ3) is 4.50. The molecule has 4 heteroatoms. The Morgan fingerprint density at radius 1 is 1.48 bits per heavy atom. The highest BCUT2D eigenvalue weighted by Gasteiger charge is 2.20. The van der Waals surface area contributed by atoms with Gasteiger partial charge in [-0.15, -0.1) is 0 Å². The van der Waals surface area contributed by atoms with Crippen molar-refractivity contribution in [1.29, 1.82) is 0 Å². The second kappa shape index (κ2) is 7.87. The molecule has 21 heavy (non-hydrogen) atoms. The molecular formula is C17H27FN2O. The van der Waals surface area contributed by atoms with Gasteiger partial charge in [-0.25, -0.2) is 4.39 Å². The molecular weight excluding hydrogens is 267 g/mol.